The van der Waals surface area contributed by atoms with Gasteiger partial charge in [0.25, 0.3) is 5.91 Å². The number of nitrogens with zero attached hydrogens (tertiary/aromatic N) is 3. The number of carbonyl (C=O) groups is 1. The third-order valence-corrected chi connectivity index (χ3v) is 5.72. The molecular formula is C19H22N4O6S. The van der Waals surface area contributed by atoms with Gasteiger partial charge >= 0.3 is 5.69 Å². The molecule has 0 saturated carbocycles. The Hall–Kier alpha value is -3.18. The third-order valence-electron chi connectivity index (χ3n) is 4.81. The van der Waals surface area contributed by atoms with Crippen molar-refractivity contribution in [1.29, 1.82) is 0 Å². The molecule has 1 fully saturated rings. The van der Waals surface area contributed by atoms with Crippen LogP contribution >= 0.6 is 0 Å². The Balaban J connectivity index is 1.60. The van der Waals surface area contributed by atoms with Crippen LogP contribution in [0.4, 0.5) is 11.4 Å². The van der Waals surface area contributed by atoms with Gasteiger partial charge in [-0.2, -0.15) is 0 Å². The Bertz CT molecular complexity index is 1060. The molecule has 1 heterocycles. The molecule has 0 radical (unpaired) electrons. The van der Waals surface area contributed by atoms with Crippen LogP contribution in [0.25, 0.3) is 0 Å². The van der Waals surface area contributed by atoms with Crippen LogP contribution < -0.4 is 14.8 Å². The van der Waals surface area contributed by atoms with Gasteiger partial charge in [0.05, 0.1) is 9.82 Å². The van der Waals surface area contributed by atoms with Crippen LogP contribution in [-0.2, 0) is 14.8 Å². The van der Waals surface area contributed by atoms with Crippen molar-refractivity contribution >= 4 is 27.3 Å². The van der Waals surface area contributed by atoms with Crippen molar-refractivity contribution in [3.05, 3.63) is 58.1 Å². The van der Waals surface area contributed by atoms with E-state index in [1.54, 1.807) is 4.90 Å². The first kappa shape index (κ1) is 21.5. The van der Waals surface area contributed by atoms with Crippen LogP contribution in [0, 0.1) is 17.0 Å². The summed E-state index contributed by atoms with van der Waals surface area (Å²) >= 11 is 0. The molecular weight excluding hydrogens is 412 g/mol. The van der Waals surface area contributed by atoms with E-state index in [2.05, 4.69) is 11.0 Å². The van der Waals surface area contributed by atoms with Gasteiger partial charge in [-0.3, -0.25) is 14.9 Å². The molecule has 30 heavy (non-hydrogen) atoms. The van der Waals surface area contributed by atoms with Crippen LogP contribution in [0.1, 0.15) is 5.56 Å². The van der Waals surface area contributed by atoms with Crippen molar-refractivity contribution in [2.24, 2.45) is 5.14 Å². The second-order valence-corrected chi connectivity index (χ2v) is 8.49. The lowest BCUT2D eigenvalue weighted by Gasteiger charge is -2.36. The highest BCUT2D eigenvalue weighted by atomic mass is 32.2. The van der Waals surface area contributed by atoms with E-state index < -0.39 is 25.5 Å². The van der Waals surface area contributed by atoms with E-state index in [0.29, 0.717) is 26.2 Å². The predicted molar refractivity (Wildman–Crippen MR) is 110 cm³/mol. The van der Waals surface area contributed by atoms with Gasteiger partial charge in [-0.1, -0.05) is 12.1 Å². The molecule has 10 nitrogen and oxygen atoms in total. The Morgan fingerprint density at radius 1 is 1.17 bits per heavy atom. The molecule has 0 bridgehead atoms. The van der Waals surface area contributed by atoms with Crippen LogP contribution in [0.5, 0.6) is 5.75 Å². The maximum absolute atomic E-state index is 12.5. The number of nitro groups is 1. The van der Waals surface area contributed by atoms with E-state index >= 15 is 0 Å². The monoisotopic (exact) mass is 434 g/mol. The van der Waals surface area contributed by atoms with Crippen LogP contribution in [-0.4, -0.2) is 56.9 Å². The Morgan fingerprint density at radius 3 is 2.47 bits per heavy atom. The number of sulfonamides is 1. The lowest BCUT2D eigenvalue weighted by molar-refractivity contribution is -0.386. The first-order chi connectivity index (χ1) is 14.1. The molecule has 0 aromatic heterocycles. The van der Waals surface area contributed by atoms with Gasteiger partial charge in [0.2, 0.25) is 10.0 Å². The average Bonchev–Trinajstić information content (AvgIpc) is 2.71. The maximum Gasteiger partial charge on any atom is 0.312 e. The number of amides is 1. The molecule has 3 rings (SSSR count). The van der Waals surface area contributed by atoms with Gasteiger partial charge < -0.3 is 14.5 Å². The zero-order chi connectivity index (χ0) is 21.9. The van der Waals surface area contributed by atoms with Gasteiger partial charge in [0, 0.05) is 37.9 Å². The second kappa shape index (κ2) is 8.67. The van der Waals surface area contributed by atoms with Crippen molar-refractivity contribution in [2.45, 2.75) is 11.8 Å². The molecule has 2 N–H and O–H groups in total. The molecule has 1 amide bonds. The first-order valence-corrected chi connectivity index (χ1v) is 10.7. The number of nitrogens with two attached hydrogens (primary N) is 1. The summed E-state index contributed by atoms with van der Waals surface area (Å²) in [5.41, 5.74) is 1.69. The minimum absolute atomic E-state index is 0.195. The maximum atomic E-state index is 12.5. The minimum Gasteiger partial charge on any atom is -0.477 e. The number of primary sulfonamides is 1. The highest BCUT2D eigenvalue weighted by Crippen LogP contribution is 2.29. The summed E-state index contributed by atoms with van der Waals surface area (Å²) in [5.74, 6) is -0.497. The number of ether oxygens (including phenoxy) is 1. The smallest absolute Gasteiger partial charge is 0.312 e. The fourth-order valence-corrected chi connectivity index (χ4v) is 3.74. The second-order valence-electron chi connectivity index (χ2n) is 6.93. The number of nitro benzene ring substituents is 1. The molecule has 0 aliphatic carbocycles. The number of hydrogen-bond donors (Lipinski definition) is 1. The van der Waals surface area contributed by atoms with Gasteiger partial charge in [0.15, 0.2) is 12.4 Å². The highest BCUT2D eigenvalue weighted by Gasteiger charge is 2.24. The van der Waals surface area contributed by atoms with Gasteiger partial charge in [0.1, 0.15) is 0 Å². The minimum atomic E-state index is -4.09. The summed E-state index contributed by atoms with van der Waals surface area (Å²) in [6.45, 7) is 3.97. The molecule has 0 unspecified atom stereocenters. The molecule has 2 aromatic rings. The number of benzene rings is 2. The topological polar surface area (TPSA) is 136 Å². The predicted octanol–water partition coefficient (Wildman–Crippen LogP) is 1.28. The van der Waals surface area contributed by atoms with Gasteiger partial charge in [-0.25, -0.2) is 13.6 Å². The summed E-state index contributed by atoms with van der Waals surface area (Å²) in [5, 5.41) is 16.2. The van der Waals surface area contributed by atoms with Crippen molar-refractivity contribution in [3.8, 4) is 5.75 Å². The fourth-order valence-electron chi connectivity index (χ4n) is 3.21. The van der Waals surface area contributed by atoms with Crippen LogP contribution in [0.2, 0.25) is 0 Å². The number of rotatable bonds is 6. The summed E-state index contributed by atoms with van der Waals surface area (Å²) in [4.78, 5) is 26.3. The quantitative estimate of drug-likeness (QED) is 0.534. The lowest BCUT2D eigenvalue weighted by atomic mass is 10.2. The Morgan fingerprint density at radius 2 is 1.87 bits per heavy atom. The van der Waals surface area contributed by atoms with E-state index in [0.717, 1.165) is 29.4 Å². The first-order valence-electron chi connectivity index (χ1n) is 9.18. The number of carbonyl (C=O) groups excluding carboxylic acids is 1. The normalized spacial score (nSPS) is 14.5. The van der Waals surface area contributed by atoms with Crippen molar-refractivity contribution < 1.29 is 22.9 Å². The van der Waals surface area contributed by atoms with Crippen LogP contribution in [0.15, 0.2) is 47.4 Å². The van der Waals surface area contributed by atoms with Gasteiger partial charge in [-0.15, -0.1) is 0 Å². The number of aryl methyl sites for hydroxylation is 1. The van der Waals surface area contributed by atoms with E-state index in [1.807, 2.05) is 25.1 Å². The number of anilines is 1. The highest BCUT2D eigenvalue weighted by molar-refractivity contribution is 7.89. The Kier molecular flexibility index (Phi) is 6.22. The summed E-state index contributed by atoms with van der Waals surface area (Å²) in [6, 6.07) is 11.2. The molecule has 1 aliphatic heterocycles. The summed E-state index contributed by atoms with van der Waals surface area (Å²) < 4.78 is 28.1. The largest absolute Gasteiger partial charge is 0.477 e. The number of piperazine rings is 1. The van der Waals surface area contributed by atoms with E-state index in [4.69, 9.17) is 9.88 Å². The summed E-state index contributed by atoms with van der Waals surface area (Å²) in [6.07, 6.45) is 0. The SMILES string of the molecule is Cc1cccc(N2CCN(C(=O)COc3ccc(S(N)(=O)=O)cc3[N+](=O)[O-])CC2)c1. The molecule has 0 spiro atoms. The van der Waals surface area contributed by atoms with Crippen molar-refractivity contribution in [3.63, 3.8) is 0 Å². The van der Waals surface area contributed by atoms with Crippen molar-refractivity contribution in [2.75, 3.05) is 37.7 Å². The van der Waals surface area contributed by atoms with Gasteiger partial charge in [-0.05, 0) is 36.8 Å². The molecule has 2 aromatic carbocycles. The average molecular weight is 434 g/mol. The zero-order valence-electron chi connectivity index (χ0n) is 16.4. The Labute approximate surface area is 174 Å². The number of hydrogen-bond acceptors (Lipinski definition) is 7. The lowest BCUT2D eigenvalue weighted by Crippen LogP contribution is -2.50. The summed E-state index contributed by atoms with van der Waals surface area (Å²) in [7, 11) is -4.09. The molecule has 160 valence electrons. The van der Waals surface area contributed by atoms with Crippen molar-refractivity contribution in [1.82, 2.24) is 4.90 Å². The van der Waals surface area contributed by atoms with E-state index in [9.17, 15) is 23.3 Å². The molecule has 0 atom stereocenters. The zero-order valence-corrected chi connectivity index (χ0v) is 17.2. The molecule has 11 heteroatoms. The fraction of sp³-hybridized carbons (Fsp3) is 0.316. The van der Waals surface area contributed by atoms with E-state index in [-0.39, 0.29) is 18.3 Å². The third kappa shape index (κ3) is 5.05. The standard InChI is InChI=1S/C19H22N4O6S/c1-14-3-2-4-15(11-14)21-7-9-22(10-8-21)19(24)13-29-18-6-5-16(30(20,27)28)12-17(18)23(25)26/h2-6,11-12H,7-10,13H2,1H3,(H2,20,27,28). The van der Waals surface area contributed by atoms with E-state index in [1.165, 1.54) is 0 Å². The molecule has 1 aliphatic rings. The molecule has 1 saturated heterocycles. The van der Waals surface area contributed by atoms with Crippen LogP contribution in [0.3, 0.4) is 0 Å².